The van der Waals surface area contributed by atoms with Crippen LogP contribution in [0.1, 0.15) is 24.8 Å². The third-order valence-electron chi connectivity index (χ3n) is 4.42. The molecule has 1 fully saturated rings. The second-order valence-electron chi connectivity index (χ2n) is 6.57. The van der Waals surface area contributed by atoms with E-state index in [0.717, 1.165) is 16.1 Å². The number of nitrogens with one attached hydrogen (secondary N) is 1. The molecule has 1 saturated heterocycles. The summed E-state index contributed by atoms with van der Waals surface area (Å²) in [5.41, 5.74) is 0.220. The van der Waals surface area contributed by atoms with Gasteiger partial charge in [0.05, 0.1) is 23.9 Å². The summed E-state index contributed by atoms with van der Waals surface area (Å²) in [7, 11) is -3.69. The Hall–Kier alpha value is -2.13. The van der Waals surface area contributed by atoms with E-state index in [1.807, 2.05) is 0 Å². The Labute approximate surface area is 153 Å². The van der Waals surface area contributed by atoms with E-state index in [-0.39, 0.29) is 6.42 Å². The molecule has 2 rings (SSSR count). The van der Waals surface area contributed by atoms with E-state index in [1.54, 1.807) is 31.2 Å². The summed E-state index contributed by atoms with van der Waals surface area (Å²) < 4.78 is 30.7. The van der Waals surface area contributed by atoms with Crippen LogP contribution in [-0.2, 0) is 24.3 Å². The zero-order valence-electron chi connectivity index (χ0n) is 14.9. The molecule has 1 aromatic rings. The Morgan fingerprint density at radius 3 is 2.42 bits per heavy atom. The molecule has 8 nitrogen and oxygen atoms in total. The molecular weight excluding hydrogens is 360 g/mol. The van der Waals surface area contributed by atoms with Gasteiger partial charge in [-0.25, -0.2) is 8.42 Å². The van der Waals surface area contributed by atoms with Gasteiger partial charge in [-0.1, -0.05) is 18.2 Å². The quantitative estimate of drug-likeness (QED) is 0.722. The molecule has 1 aliphatic rings. The number of aliphatic carboxylic acids is 1. The average Bonchev–Trinajstić information content (AvgIpc) is 2.52. The number of anilines is 1. The zero-order chi connectivity index (χ0) is 19.4. The van der Waals surface area contributed by atoms with Crippen molar-refractivity contribution in [2.24, 2.45) is 0 Å². The number of sulfonamides is 1. The highest BCUT2D eigenvalue weighted by molar-refractivity contribution is 7.92. The maximum atomic E-state index is 12.6. The van der Waals surface area contributed by atoms with Crippen molar-refractivity contribution in [3.05, 3.63) is 29.8 Å². The van der Waals surface area contributed by atoms with Crippen molar-refractivity contribution in [1.29, 1.82) is 0 Å². The van der Waals surface area contributed by atoms with Crippen LogP contribution in [0.4, 0.5) is 5.69 Å². The van der Waals surface area contributed by atoms with Gasteiger partial charge < -0.3 is 15.2 Å². The fraction of sp³-hybridized carbons (Fsp3) is 0.529. The van der Waals surface area contributed by atoms with Gasteiger partial charge in [-0.2, -0.15) is 0 Å². The minimum absolute atomic E-state index is 0.231. The summed E-state index contributed by atoms with van der Waals surface area (Å²) >= 11 is 0. The van der Waals surface area contributed by atoms with Crippen LogP contribution in [0.2, 0.25) is 0 Å². The van der Waals surface area contributed by atoms with Crippen LogP contribution >= 0.6 is 0 Å². The normalized spacial score (nSPS) is 16.7. The van der Waals surface area contributed by atoms with E-state index in [0.29, 0.717) is 31.7 Å². The molecule has 0 aromatic heterocycles. The minimum atomic E-state index is -3.69. The molecule has 1 aromatic carbocycles. The molecule has 0 unspecified atom stereocenters. The van der Waals surface area contributed by atoms with Gasteiger partial charge in [0.25, 0.3) is 0 Å². The first-order valence-corrected chi connectivity index (χ1v) is 10.1. The molecular formula is C17H24N2O6S. The van der Waals surface area contributed by atoms with Gasteiger partial charge in [0.15, 0.2) is 0 Å². The number of aryl methyl sites for hydroxylation is 1. The van der Waals surface area contributed by atoms with Gasteiger partial charge in [-0.05, 0) is 31.4 Å². The molecule has 0 aliphatic carbocycles. The molecule has 1 aliphatic heterocycles. The Morgan fingerprint density at radius 2 is 1.88 bits per heavy atom. The zero-order valence-corrected chi connectivity index (χ0v) is 15.7. The molecule has 0 saturated carbocycles. The third-order valence-corrected chi connectivity index (χ3v) is 5.54. The molecule has 0 spiro atoms. The number of amides is 1. The maximum Gasteiger partial charge on any atom is 0.305 e. The van der Waals surface area contributed by atoms with E-state index in [2.05, 4.69) is 5.32 Å². The molecule has 2 N–H and O–H groups in total. The predicted molar refractivity (Wildman–Crippen MR) is 96.5 cm³/mol. The molecule has 0 atom stereocenters. The molecule has 9 heteroatoms. The summed E-state index contributed by atoms with van der Waals surface area (Å²) in [6, 6.07) is 6.87. The lowest BCUT2D eigenvalue weighted by Crippen LogP contribution is -2.55. The summed E-state index contributed by atoms with van der Waals surface area (Å²) in [6.07, 6.45) is 1.54. The van der Waals surface area contributed by atoms with Crippen LogP contribution in [0.25, 0.3) is 0 Å². The number of carbonyl (C=O) groups is 2. The third kappa shape index (κ3) is 5.18. The number of nitrogens with zero attached hydrogens (tertiary/aromatic N) is 1. The van der Waals surface area contributed by atoms with Crippen molar-refractivity contribution in [3.63, 3.8) is 0 Å². The lowest BCUT2D eigenvalue weighted by molar-refractivity contribution is -0.140. The van der Waals surface area contributed by atoms with Crippen LogP contribution in [0.15, 0.2) is 24.3 Å². The van der Waals surface area contributed by atoms with Gasteiger partial charge in [0.1, 0.15) is 6.54 Å². The average molecular weight is 384 g/mol. The first kappa shape index (κ1) is 20.2. The molecule has 26 heavy (non-hydrogen) atoms. The summed E-state index contributed by atoms with van der Waals surface area (Å²) in [5, 5.41) is 11.9. The summed E-state index contributed by atoms with van der Waals surface area (Å²) in [4.78, 5) is 23.8. The van der Waals surface area contributed by atoms with E-state index < -0.39 is 34.0 Å². The fourth-order valence-electron chi connectivity index (χ4n) is 3.09. The number of carbonyl (C=O) groups excluding carboxylic acids is 1. The van der Waals surface area contributed by atoms with Gasteiger partial charge >= 0.3 is 5.97 Å². The number of benzene rings is 1. The first-order valence-electron chi connectivity index (χ1n) is 8.27. The van der Waals surface area contributed by atoms with E-state index >= 15 is 0 Å². The lowest BCUT2D eigenvalue weighted by Gasteiger charge is -2.37. The number of hydrogen-bond acceptors (Lipinski definition) is 5. The predicted octanol–water partition coefficient (Wildman–Crippen LogP) is 0.901. The monoisotopic (exact) mass is 384 g/mol. The number of rotatable bonds is 7. The number of carboxylic acids is 1. The fourth-order valence-corrected chi connectivity index (χ4v) is 4.00. The molecule has 144 valence electrons. The van der Waals surface area contributed by atoms with Crippen molar-refractivity contribution in [2.75, 3.05) is 30.3 Å². The smallest absolute Gasteiger partial charge is 0.305 e. The highest BCUT2D eigenvalue weighted by Crippen LogP contribution is 2.26. The largest absolute Gasteiger partial charge is 0.481 e. The Kier molecular flexibility index (Phi) is 6.25. The Bertz CT molecular complexity index is 771. The second kappa shape index (κ2) is 8.05. The van der Waals surface area contributed by atoms with E-state index in [1.165, 1.54) is 0 Å². The summed E-state index contributed by atoms with van der Waals surface area (Å²) in [5.74, 6) is -1.56. The van der Waals surface area contributed by atoms with Gasteiger partial charge in [-0.15, -0.1) is 0 Å². The minimum Gasteiger partial charge on any atom is -0.481 e. The molecule has 0 radical (unpaired) electrons. The van der Waals surface area contributed by atoms with E-state index in [4.69, 9.17) is 4.74 Å². The lowest BCUT2D eigenvalue weighted by atomic mass is 9.86. The number of hydrogen-bond donors (Lipinski definition) is 2. The highest BCUT2D eigenvalue weighted by Gasteiger charge is 2.37. The number of para-hydroxylation sites is 1. The Morgan fingerprint density at radius 1 is 1.27 bits per heavy atom. The Balaban J connectivity index is 2.21. The van der Waals surface area contributed by atoms with Crippen molar-refractivity contribution in [1.82, 2.24) is 5.32 Å². The second-order valence-corrected chi connectivity index (χ2v) is 8.47. The topological polar surface area (TPSA) is 113 Å². The van der Waals surface area contributed by atoms with Crippen molar-refractivity contribution in [3.8, 4) is 0 Å². The van der Waals surface area contributed by atoms with Crippen LogP contribution in [-0.4, -0.2) is 57.0 Å². The van der Waals surface area contributed by atoms with Gasteiger partial charge in [-0.3, -0.25) is 13.9 Å². The van der Waals surface area contributed by atoms with Gasteiger partial charge in [0.2, 0.25) is 15.9 Å². The molecule has 0 bridgehead atoms. The highest BCUT2D eigenvalue weighted by atomic mass is 32.2. The van der Waals surface area contributed by atoms with Crippen LogP contribution in [0.5, 0.6) is 0 Å². The van der Waals surface area contributed by atoms with Crippen LogP contribution in [0, 0.1) is 6.92 Å². The number of carboxylic acid groups (broad SMARTS) is 1. The maximum absolute atomic E-state index is 12.6. The standard InChI is InChI=1S/C17H24N2O6S/c1-13-5-3-4-6-14(13)19(26(2,23)24)12-15(20)18-17(11-16(21)22)7-9-25-10-8-17/h3-6H,7-12H2,1-2H3,(H,18,20)(H,21,22). The number of ether oxygens (including phenoxy) is 1. The van der Waals surface area contributed by atoms with Crippen LogP contribution in [0.3, 0.4) is 0 Å². The van der Waals surface area contributed by atoms with Crippen LogP contribution < -0.4 is 9.62 Å². The molecule has 1 heterocycles. The van der Waals surface area contributed by atoms with Crippen molar-refractivity contribution >= 4 is 27.6 Å². The SMILES string of the molecule is Cc1ccccc1N(CC(=O)NC1(CC(=O)O)CCOCC1)S(C)(=O)=O. The van der Waals surface area contributed by atoms with E-state index in [9.17, 15) is 23.1 Å². The summed E-state index contributed by atoms with van der Waals surface area (Å²) in [6.45, 7) is 2.05. The van der Waals surface area contributed by atoms with Crippen molar-refractivity contribution in [2.45, 2.75) is 31.7 Å². The molecule has 1 amide bonds. The van der Waals surface area contributed by atoms with Gasteiger partial charge in [0, 0.05) is 13.2 Å². The van der Waals surface area contributed by atoms with Crippen molar-refractivity contribution < 1.29 is 27.9 Å². The first-order chi connectivity index (χ1) is 12.1.